The second-order valence-electron chi connectivity index (χ2n) is 6.70. The quantitative estimate of drug-likeness (QED) is 0.704. The van der Waals surface area contributed by atoms with Crippen LogP contribution in [0, 0.1) is 20.8 Å². The maximum absolute atomic E-state index is 12.8. The van der Waals surface area contributed by atoms with Gasteiger partial charge in [-0.05, 0) is 62.7 Å². The van der Waals surface area contributed by atoms with Crippen LogP contribution in [-0.4, -0.2) is 16.8 Å². The number of nitrogens with one attached hydrogen (secondary N) is 2. The molecule has 0 unspecified atom stereocenters. The molecule has 0 spiro atoms. The van der Waals surface area contributed by atoms with Gasteiger partial charge in [0.1, 0.15) is 0 Å². The van der Waals surface area contributed by atoms with E-state index >= 15 is 0 Å². The van der Waals surface area contributed by atoms with E-state index in [-0.39, 0.29) is 11.8 Å². The highest BCUT2D eigenvalue weighted by Crippen LogP contribution is 2.23. The minimum atomic E-state index is -0.197. The first-order valence-electron chi connectivity index (χ1n) is 8.97. The number of nitrogens with zero attached hydrogens (tertiary/aromatic N) is 1. The van der Waals surface area contributed by atoms with Gasteiger partial charge in [-0.3, -0.25) is 14.6 Å². The van der Waals surface area contributed by atoms with Gasteiger partial charge in [-0.1, -0.05) is 18.6 Å². The number of anilines is 2. The third-order valence-corrected chi connectivity index (χ3v) is 4.48. The average molecular weight is 361 g/mol. The van der Waals surface area contributed by atoms with E-state index in [1.54, 1.807) is 19.1 Å². The Morgan fingerprint density at radius 1 is 0.963 bits per heavy atom. The predicted octanol–water partition coefficient (Wildman–Crippen LogP) is 4.76. The summed E-state index contributed by atoms with van der Waals surface area (Å²) in [6, 6.07) is 13.3. The Hall–Kier alpha value is -3.21. The van der Waals surface area contributed by atoms with Gasteiger partial charge in [0.2, 0.25) is 5.91 Å². The minimum absolute atomic E-state index is 0.0423. The summed E-state index contributed by atoms with van der Waals surface area (Å²) >= 11 is 0. The molecule has 2 amide bonds. The standard InChI is InChI=1S/C22H23N3O2/c1-5-21(26)24-17-7-9-19(14(3)11-17)25-22(27)18-12-16-10-13(2)6-8-20(16)23-15(18)4/h6-12H,5H2,1-4H3,(H,24,26)(H,25,27). The van der Waals surface area contributed by atoms with Gasteiger partial charge in [0.25, 0.3) is 5.91 Å². The van der Waals surface area contributed by atoms with E-state index in [0.717, 1.165) is 27.7 Å². The van der Waals surface area contributed by atoms with Gasteiger partial charge in [0.15, 0.2) is 0 Å². The first kappa shape index (κ1) is 18.6. The molecule has 0 bridgehead atoms. The number of carbonyl (C=O) groups excluding carboxylic acids is 2. The molecule has 1 heterocycles. The van der Waals surface area contributed by atoms with E-state index < -0.39 is 0 Å². The summed E-state index contributed by atoms with van der Waals surface area (Å²) in [5.74, 6) is -0.240. The molecule has 27 heavy (non-hydrogen) atoms. The van der Waals surface area contributed by atoms with Crippen molar-refractivity contribution in [3.8, 4) is 0 Å². The van der Waals surface area contributed by atoms with Gasteiger partial charge >= 0.3 is 0 Å². The topological polar surface area (TPSA) is 71.1 Å². The van der Waals surface area contributed by atoms with Crippen LogP contribution in [0.1, 0.15) is 40.5 Å². The van der Waals surface area contributed by atoms with E-state index in [1.165, 1.54) is 0 Å². The Morgan fingerprint density at radius 2 is 1.74 bits per heavy atom. The van der Waals surface area contributed by atoms with E-state index in [2.05, 4.69) is 15.6 Å². The zero-order valence-corrected chi connectivity index (χ0v) is 16.0. The molecule has 0 aliphatic heterocycles. The highest BCUT2D eigenvalue weighted by Gasteiger charge is 2.13. The van der Waals surface area contributed by atoms with Crippen LogP contribution in [0.25, 0.3) is 10.9 Å². The number of rotatable bonds is 4. The summed E-state index contributed by atoms with van der Waals surface area (Å²) in [5.41, 5.74) is 5.54. The van der Waals surface area contributed by atoms with Gasteiger partial charge < -0.3 is 10.6 Å². The number of hydrogen-bond donors (Lipinski definition) is 2. The van der Waals surface area contributed by atoms with Crippen LogP contribution in [0.4, 0.5) is 11.4 Å². The summed E-state index contributed by atoms with van der Waals surface area (Å²) in [5, 5.41) is 6.71. The van der Waals surface area contributed by atoms with Gasteiger partial charge in [0, 0.05) is 23.2 Å². The zero-order chi connectivity index (χ0) is 19.6. The molecule has 5 heteroatoms. The van der Waals surface area contributed by atoms with Gasteiger partial charge in [-0.25, -0.2) is 0 Å². The van der Waals surface area contributed by atoms with Crippen molar-refractivity contribution in [2.24, 2.45) is 0 Å². The molecule has 1 aromatic heterocycles. The molecule has 0 aliphatic rings. The van der Waals surface area contributed by atoms with Gasteiger partial charge in [0.05, 0.1) is 16.8 Å². The van der Waals surface area contributed by atoms with Crippen LogP contribution in [0.5, 0.6) is 0 Å². The smallest absolute Gasteiger partial charge is 0.257 e. The number of amides is 2. The van der Waals surface area contributed by atoms with Crippen molar-refractivity contribution in [2.75, 3.05) is 10.6 Å². The van der Waals surface area contributed by atoms with Crippen molar-refractivity contribution in [2.45, 2.75) is 34.1 Å². The molecule has 5 nitrogen and oxygen atoms in total. The molecular formula is C22H23N3O2. The molecule has 3 rings (SSSR count). The first-order valence-corrected chi connectivity index (χ1v) is 8.97. The Kier molecular flexibility index (Phi) is 5.21. The third kappa shape index (κ3) is 4.14. The van der Waals surface area contributed by atoms with Crippen molar-refractivity contribution in [3.05, 3.63) is 64.8 Å². The van der Waals surface area contributed by atoms with Crippen LogP contribution >= 0.6 is 0 Å². The van der Waals surface area contributed by atoms with Crippen LogP contribution in [-0.2, 0) is 4.79 Å². The first-order chi connectivity index (χ1) is 12.9. The maximum atomic E-state index is 12.8. The number of fused-ring (bicyclic) bond motifs is 1. The van der Waals surface area contributed by atoms with Crippen molar-refractivity contribution in [1.82, 2.24) is 4.98 Å². The lowest BCUT2D eigenvalue weighted by Gasteiger charge is -2.12. The number of hydrogen-bond acceptors (Lipinski definition) is 3. The Bertz CT molecular complexity index is 1040. The SMILES string of the molecule is CCC(=O)Nc1ccc(NC(=O)c2cc3cc(C)ccc3nc2C)c(C)c1. The van der Waals surface area contributed by atoms with Crippen LogP contribution in [0.2, 0.25) is 0 Å². The fourth-order valence-corrected chi connectivity index (χ4v) is 2.94. The average Bonchev–Trinajstić information content (AvgIpc) is 2.63. The minimum Gasteiger partial charge on any atom is -0.326 e. The molecule has 2 N–H and O–H groups in total. The maximum Gasteiger partial charge on any atom is 0.257 e. The van der Waals surface area contributed by atoms with Crippen LogP contribution < -0.4 is 10.6 Å². The van der Waals surface area contributed by atoms with Gasteiger partial charge in [-0.15, -0.1) is 0 Å². The molecule has 0 radical (unpaired) electrons. The second kappa shape index (κ2) is 7.58. The Balaban J connectivity index is 1.86. The fourth-order valence-electron chi connectivity index (χ4n) is 2.94. The molecule has 0 saturated carbocycles. The van der Waals surface area contributed by atoms with E-state index in [9.17, 15) is 9.59 Å². The van der Waals surface area contributed by atoms with Crippen molar-refractivity contribution < 1.29 is 9.59 Å². The van der Waals surface area contributed by atoms with E-state index in [4.69, 9.17) is 0 Å². The summed E-state index contributed by atoms with van der Waals surface area (Å²) in [4.78, 5) is 28.9. The summed E-state index contributed by atoms with van der Waals surface area (Å²) in [7, 11) is 0. The summed E-state index contributed by atoms with van der Waals surface area (Å²) in [6.45, 7) is 7.55. The van der Waals surface area contributed by atoms with Gasteiger partial charge in [-0.2, -0.15) is 0 Å². The lowest BCUT2D eigenvalue weighted by molar-refractivity contribution is -0.115. The van der Waals surface area contributed by atoms with E-state index in [0.29, 0.717) is 23.4 Å². The number of benzene rings is 2. The largest absolute Gasteiger partial charge is 0.326 e. The Morgan fingerprint density at radius 3 is 2.44 bits per heavy atom. The van der Waals surface area contributed by atoms with Crippen LogP contribution in [0.3, 0.4) is 0 Å². The lowest BCUT2D eigenvalue weighted by atomic mass is 10.1. The molecule has 3 aromatic rings. The Labute approximate surface area is 158 Å². The number of carbonyl (C=O) groups is 2. The van der Waals surface area contributed by atoms with Crippen LogP contribution in [0.15, 0.2) is 42.5 Å². The number of aromatic nitrogens is 1. The zero-order valence-electron chi connectivity index (χ0n) is 16.0. The summed E-state index contributed by atoms with van der Waals surface area (Å²) < 4.78 is 0. The lowest BCUT2D eigenvalue weighted by Crippen LogP contribution is -2.15. The predicted molar refractivity (Wildman–Crippen MR) is 109 cm³/mol. The van der Waals surface area contributed by atoms with Crippen molar-refractivity contribution >= 4 is 34.1 Å². The molecule has 0 atom stereocenters. The highest BCUT2D eigenvalue weighted by molar-refractivity contribution is 6.07. The molecule has 0 saturated heterocycles. The normalized spacial score (nSPS) is 10.7. The monoisotopic (exact) mass is 361 g/mol. The molecule has 0 fully saturated rings. The number of aryl methyl sites for hydroxylation is 3. The number of pyridine rings is 1. The highest BCUT2D eigenvalue weighted by atomic mass is 16.2. The molecule has 138 valence electrons. The second-order valence-corrected chi connectivity index (χ2v) is 6.70. The molecule has 0 aliphatic carbocycles. The van der Waals surface area contributed by atoms with Crippen molar-refractivity contribution in [3.63, 3.8) is 0 Å². The van der Waals surface area contributed by atoms with Crippen molar-refractivity contribution in [1.29, 1.82) is 0 Å². The third-order valence-electron chi connectivity index (χ3n) is 4.48. The summed E-state index contributed by atoms with van der Waals surface area (Å²) in [6.07, 6.45) is 0.422. The van der Waals surface area contributed by atoms with E-state index in [1.807, 2.05) is 51.1 Å². The molecular weight excluding hydrogens is 338 g/mol. The fraction of sp³-hybridized carbons (Fsp3) is 0.227. The molecule has 2 aromatic carbocycles.